The van der Waals surface area contributed by atoms with Crippen LogP contribution in [0.2, 0.25) is 0 Å². The number of hydrogen-bond donors (Lipinski definition) is 2. The number of amides is 1. The van der Waals surface area contributed by atoms with Crippen molar-refractivity contribution in [3.63, 3.8) is 0 Å². The Morgan fingerprint density at radius 2 is 1.53 bits per heavy atom. The number of pyridine rings is 1. The Hall–Kier alpha value is -4.23. The number of aliphatic hydroxyl groups excluding tert-OH is 1. The molecule has 3 aromatic carbocycles. The van der Waals surface area contributed by atoms with E-state index in [2.05, 4.69) is 15.2 Å². The van der Waals surface area contributed by atoms with Crippen LogP contribution < -0.4 is 5.32 Å². The average Bonchev–Trinajstić information content (AvgIpc) is 3.06. The van der Waals surface area contributed by atoms with E-state index in [0.29, 0.717) is 18.5 Å². The molecule has 4 aromatic rings. The van der Waals surface area contributed by atoms with Gasteiger partial charge in [-0.2, -0.15) is 0 Å². The minimum atomic E-state index is -2.35. The van der Waals surface area contributed by atoms with Gasteiger partial charge in [0, 0.05) is 49.1 Å². The summed E-state index contributed by atoms with van der Waals surface area (Å²) < 4.78 is 81.4. The number of carbonyl (C=O) groups is 1. The van der Waals surface area contributed by atoms with E-state index < -0.39 is 46.8 Å². The van der Waals surface area contributed by atoms with Crippen molar-refractivity contribution in [2.45, 2.75) is 37.9 Å². The molecule has 0 aliphatic carbocycles. The SMILES string of the molecule is CN(CCc1ccccn1)CC1CC(c2ccc(CO)cc2)OC(c2ccc(NC(=O)c3c(F)c(F)c(F)c(F)c3F)cc2)O1. The van der Waals surface area contributed by atoms with Crippen molar-refractivity contribution in [1.82, 2.24) is 9.88 Å². The van der Waals surface area contributed by atoms with Crippen molar-refractivity contribution in [2.24, 2.45) is 0 Å². The van der Waals surface area contributed by atoms with Crippen LogP contribution >= 0.6 is 0 Å². The minimum absolute atomic E-state index is 0.0467. The number of aliphatic hydroxyl groups is 1. The maximum atomic E-state index is 14.1. The Bertz CT molecular complexity index is 1600. The largest absolute Gasteiger partial charge is 0.392 e. The normalized spacial score (nSPS) is 18.3. The number of halogens is 5. The maximum absolute atomic E-state index is 14.1. The first kappa shape index (κ1) is 32.2. The highest BCUT2D eigenvalue weighted by molar-refractivity contribution is 6.04. The number of rotatable bonds is 10. The van der Waals surface area contributed by atoms with Crippen LogP contribution in [0.25, 0.3) is 0 Å². The molecular weight excluding hydrogens is 597 g/mol. The van der Waals surface area contributed by atoms with Gasteiger partial charge < -0.3 is 24.8 Å². The zero-order valence-electron chi connectivity index (χ0n) is 24.2. The Morgan fingerprint density at radius 1 is 0.889 bits per heavy atom. The highest BCUT2D eigenvalue weighted by Crippen LogP contribution is 2.38. The van der Waals surface area contributed by atoms with Gasteiger partial charge in [-0.05, 0) is 42.4 Å². The molecule has 0 bridgehead atoms. The van der Waals surface area contributed by atoms with Crippen LogP contribution in [-0.4, -0.2) is 47.1 Å². The van der Waals surface area contributed by atoms with Crippen molar-refractivity contribution in [3.8, 4) is 0 Å². The molecule has 5 rings (SSSR count). The average molecular weight is 628 g/mol. The molecule has 2 N–H and O–H groups in total. The van der Waals surface area contributed by atoms with Crippen molar-refractivity contribution in [3.05, 3.63) is 130 Å². The monoisotopic (exact) mass is 627 g/mol. The summed E-state index contributed by atoms with van der Waals surface area (Å²) in [5, 5.41) is 11.6. The second-order valence-electron chi connectivity index (χ2n) is 10.7. The number of nitrogens with one attached hydrogen (secondary N) is 1. The summed E-state index contributed by atoms with van der Waals surface area (Å²) in [6.07, 6.45) is 1.65. The van der Waals surface area contributed by atoms with Crippen molar-refractivity contribution < 1.29 is 41.3 Å². The lowest BCUT2D eigenvalue weighted by atomic mass is 9.99. The van der Waals surface area contributed by atoms with Gasteiger partial charge in [0.15, 0.2) is 29.6 Å². The molecule has 12 heteroatoms. The molecule has 236 valence electrons. The number of ether oxygens (including phenoxy) is 2. The molecule has 3 atom stereocenters. The highest BCUT2D eigenvalue weighted by Gasteiger charge is 2.33. The number of aromatic nitrogens is 1. The predicted molar refractivity (Wildman–Crippen MR) is 154 cm³/mol. The van der Waals surface area contributed by atoms with Gasteiger partial charge >= 0.3 is 0 Å². The van der Waals surface area contributed by atoms with Crippen LogP contribution in [0.5, 0.6) is 0 Å². The summed E-state index contributed by atoms with van der Waals surface area (Å²) in [5.74, 6) is -12.7. The Balaban J connectivity index is 1.31. The summed E-state index contributed by atoms with van der Waals surface area (Å²) in [5.41, 5.74) is 1.67. The van der Waals surface area contributed by atoms with Gasteiger partial charge in [-0.1, -0.05) is 42.5 Å². The third-order valence-corrected chi connectivity index (χ3v) is 7.48. The fourth-order valence-electron chi connectivity index (χ4n) is 5.04. The van der Waals surface area contributed by atoms with Gasteiger partial charge in [0.05, 0.1) is 18.8 Å². The Morgan fingerprint density at radius 3 is 2.16 bits per heavy atom. The second kappa shape index (κ2) is 14.2. The fourth-order valence-corrected chi connectivity index (χ4v) is 5.04. The van der Waals surface area contributed by atoms with E-state index in [0.717, 1.165) is 29.8 Å². The molecule has 1 aliphatic rings. The van der Waals surface area contributed by atoms with E-state index in [9.17, 15) is 31.9 Å². The van der Waals surface area contributed by atoms with Crippen molar-refractivity contribution in [2.75, 3.05) is 25.5 Å². The summed E-state index contributed by atoms with van der Waals surface area (Å²) in [6, 6.07) is 19.1. The lowest BCUT2D eigenvalue weighted by molar-refractivity contribution is -0.252. The van der Waals surface area contributed by atoms with E-state index in [1.54, 1.807) is 18.3 Å². The topological polar surface area (TPSA) is 83.9 Å². The van der Waals surface area contributed by atoms with Crippen LogP contribution in [0.1, 0.15) is 51.6 Å². The van der Waals surface area contributed by atoms with Crippen LogP contribution in [0.15, 0.2) is 72.9 Å². The van der Waals surface area contributed by atoms with Gasteiger partial charge in [0.1, 0.15) is 5.56 Å². The number of likely N-dealkylation sites (N-methyl/N-ethyl adjacent to an activating group) is 1. The second-order valence-corrected chi connectivity index (χ2v) is 10.7. The van der Waals surface area contributed by atoms with Gasteiger partial charge in [-0.25, -0.2) is 22.0 Å². The van der Waals surface area contributed by atoms with Gasteiger partial charge in [0.2, 0.25) is 5.82 Å². The molecule has 1 amide bonds. The molecule has 0 spiro atoms. The van der Waals surface area contributed by atoms with Crippen LogP contribution in [-0.2, 0) is 22.5 Å². The highest BCUT2D eigenvalue weighted by atomic mass is 19.2. The smallest absolute Gasteiger partial charge is 0.261 e. The van der Waals surface area contributed by atoms with Gasteiger partial charge in [0.25, 0.3) is 5.91 Å². The van der Waals surface area contributed by atoms with Gasteiger partial charge in [-0.15, -0.1) is 0 Å². The van der Waals surface area contributed by atoms with Crippen molar-refractivity contribution >= 4 is 11.6 Å². The predicted octanol–water partition coefficient (Wildman–Crippen LogP) is 6.24. The molecular formula is C33H30F5N3O4. The molecule has 7 nitrogen and oxygen atoms in total. The first-order chi connectivity index (χ1) is 21.6. The molecule has 1 aliphatic heterocycles. The number of nitrogens with zero attached hydrogens (tertiary/aromatic N) is 2. The number of benzene rings is 3. The lowest BCUT2D eigenvalue weighted by Gasteiger charge is -2.38. The zero-order valence-corrected chi connectivity index (χ0v) is 24.2. The third-order valence-electron chi connectivity index (χ3n) is 7.48. The molecule has 0 saturated carbocycles. The molecule has 1 fully saturated rings. The molecule has 1 saturated heterocycles. The summed E-state index contributed by atoms with van der Waals surface area (Å²) >= 11 is 0. The fraction of sp³-hybridized carbons (Fsp3) is 0.273. The maximum Gasteiger partial charge on any atom is 0.261 e. The van der Waals surface area contributed by atoms with Crippen LogP contribution in [0.3, 0.4) is 0 Å². The van der Waals surface area contributed by atoms with Crippen molar-refractivity contribution in [1.29, 1.82) is 0 Å². The summed E-state index contributed by atoms with van der Waals surface area (Å²) in [7, 11) is 1.99. The lowest BCUT2D eigenvalue weighted by Crippen LogP contribution is -2.38. The van der Waals surface area contributed by atoms with E-state index >= 15 is 0 Å². The Labute approximate surface area is 256 Å². The van der Waals surface area contributed by atoms with Crippen LogP contribution in [0.4, 0.5) is 27.6 Å². The zero-order chi connectivity index (χ0) is 32.1. The number of anilines is 1. The molecule has 2 heterocycles. The molecule has 45 heavy (non-hydrogen) atoms. The first-order valence-corrected chi connectivity index (χ1v) is 14.2. The molecule has 3 unspecified atom stereocenters. The summed E-state index contributed by atoms with van der Waals surface area (Å²) in [6.45, 7) is 1.25. The molecule has 0 radical (unpaired) electrons. The van der Waals surface area contributed by atoms with Gasteiger partial charge in [-0.3, -0.25) is 9.78 Å². The summed E-state index contributed by atoms with van der Waals surface area (Å²) in [4.78, 5) is 19.0. The van der Waals surface area contributed by atoms with E-state index in [1.807, 2.05) is 49.5 Å². The molecule has 1 aromatic heterocycles. The third kappa shape index (κ3) is 7.54. The Kier molecular flexibility index (Phi) is 10.2. The number of carbonyl (C=O) groups excluding carboxylic acids is 1. The standard InChI is InChI=1S/C33H30F5N3O4/c1-41(15-13-22-4-2-3-14-39-22)17-24-16-25(20-7-5-19(18-42)6-8-20)45-33(44-24)21-9-11-23(12-10-21)40-32(43)26-27(34)29(36)31(38)30(37)28(26)35/h2-12,14,24-25,33,42H,13,15-18H2,1H3,(H,40,43). The minimum Gasteiger partial charge on any atom is -0.392 e. The van der Waals surface area contributed by atoms with E-state index in [4.69, 9.17) is 9.47 Å². The van der Waals surface area contributed by atoms with E-state index in [-0.39, 0.29) is 24.5 Å². The number of hydrogen-bond acceptors (Lipinski definition) is 6. The van der Waals surface area contributed by atoms with E-state index in [1.165, 1.54) is 12.1 Å². The quantitative estimate of drug-likeness (QED) is 0.123. The van der Waals surface area contributed by atoms with Crippen LogP contribution in [0, 0.1) is 29.1 Å². The first-order valence-electron chi connectivity index (χ1n) is 14.2.